The highest BCUT2D eigenvalue weighted by atomic mass is 16.2. The van der Waals surface area contributed by atoms with Gasteiger partial charge in [-0.2, -0.15) is 0 Å². The van der Waals surface area contributed by atoms with Gasteiger partial charge in [0.15, 0.2) is 0 Å². The maximum Gasteiger partial charge on any atom is 0.236 e. The maximum atomic E-state index is 11.2. The van der Waals surface area contributed by atoms with Crippen LogP contribution in [0.1, 0.15) is 6.92 Å². The lowest BCUT2D eigenvalue weighted by molar-refractivity contribution is -0.122. The molecule has 5 N–H and O–H groups in total. The first-order valence-corrected chi connectivity index (χ1v) is 4.47. The predicted octanol–water partition coefficient (Wildman–Crippen LogP) is -1.74. The third-order valence-corrected chi connectivity index (χ3v) is 1.66. The van der Waals surface area contributed by atoms with Gasteiger partial charge in [-0.05, 0) is 21.0 Å². The largest absolute Gasteiger partial charge is 0.349 e. The highest BCUT2D eigenvalue weighted by Gasteiger charge is 2.12. The summed E-state index contributed by atoms with van der Waals surface area (Å²) >= 11 is 0. The summed E-state index contributed by atoms with van der Waals surface area (Å²) in [5, 5.41) is 8.83. The van der Waals surface area contributed by atoms with E-state index in [4.69, 9.17) is 5.73 Å². The molecule has 0 saturated carbocycles. The minimum atomic E-state index is -0.448. The summed E-state index contributed by atoms with van der Waals surface area (Å²) in [5.74, 6) is -0.115. The van der Waals surface area contributed by atoms with Crippen LogP contribution in [-0.4, -0.2) is 45.2 Å². The van der Waals surface area contributed by atoms with Gasteiger partial charge < -0.3 is 21.7 Å². The van der Waals surface area contributed by atoms with Gasteiger partial charge in [-0.1, -0.05) is 0 Å². The van der Waals surface area contributed by atoms with Crippen LogP contribution in [0.25, 0.3) is 0 Å². The van der Waals surface area contributed by atoms with Crippen LogP contribution in [0.4, 0.5) is 0 Å². The Morgan fingerprint density at radius 3 is 2.08 bits per heavy atom. The number of likely N-dealkylation sites (N-methyl/N-ethyl adjacent to an activating group) is 2. The molecule has 0 saturated heterocycles. The molecule has 0 heterocycles. The van der Waals surface area contributed by atoms with E-state index in [1.165, 1.54) is 0 Å². The molecule has 0 radical (unpaired) electrons. The van der Waals surface area contributed by atoms with Gasteiger partial charge in [-0.3, -0.25) is 4.79 Å². The fraction of sp³-hybridized carbons (Fsp3) is 0.875. The number of rotatable bonds is 6. The van der Waals surface area contributed by atoms with E-state index in [9.17, 15) is 4.79 Å². The summed E-state index contributed by atoms with van der Waals surface area (Å²) in [6.07, 6.45) is 0. The monoisotopic (exact) mass is 188 g/mol. The topological polar surface area (TPSA) is 79.2 Å². The fourth-order valence-corrected chi connectivity index (χ4v) is 1.000. The van der Waals surface area contributed by atoms with Crippen molar-refractivity contribution in [3.8, 4) is 0 Å². The van der Waals surface area contributed by atoms with Gasteiger partial charge in [-0.25, -0.2) is 0 Å². The average molecular weight is 188 g/mol. The second-order valence-electron chi connectivity index (χ2n) is 3.11. The number of carbonyl (C=O) groups is 1. The number of hydrogen-bond donors (Lipinski definition) is 4. The smallest absolute Gasteiger partial charge is 0.236 e. The van der Waals surface area contributed by atoms with Crippen LogP contribution >= 0.6 is 0 Å². The van der Waals surface area contributed by atoms with E-state index in [0.717, 1.165) is 13.1 Å². The van der Waals surface area contributed by atoms with E-state index in [1.807, 2.05) is 14.1 Å². The highest BCUT2D eigenvalue weighted by Crippen LogP contribution is 1.82. The Kier molecular flexibility index (Phi) is 6.48. The zero-order chi connectivity index (χ0) is 10.3. The molecule has 0 bridgehead atoms. The van der Waals surface area contributed by atoms with E-state index in [1.54, 1.807) is 6.92 Å². The van der Waals surface area contributed by atoms with Gasteiger partial charge in [0.25, 0.3) is 0 Å². The van der Waals surface area contributed by atoms with Gasteiger partial charge in [0.2, 0.25) is 5.91 Å². The Labute approximate surface area is 79.4 Å². The molecule has 0 unspecified atom stereocenters. The molecule has 13 heavy (non-hydrogen) atoms. The van der Waals surface area contributed by atoms with Crippen molar-refractivity contribution < 1.29 is 4.79 Å². The molecule has 0 aromatic carbocycles. The summed E-state index contributed by atoms with van der Waals surface area (Å²) in [6.45, 7) is 3.14. The Balaban J connectivity index is 3.86. The summed E-state index contributed by atoms with van der Waals surface area (Å²) < 4.78 is 0. The molecule has 5 heteroatoms. The highest BCUT2D eigenvalue weighted by molar-refractivity contribution is 5.81. The average Bonchev–Trinajstić information content (AvgIpc) is 2.05. The van der Waals surface area contributed by atoms with Gasteiger partial charge in [0.05, 0.1) is 12.1 Å². The van der Waals surface area contributed by atoms with Crippen LogP contribution in [0.3, 0.4) is 0 Å². The van der Waals surface area contributed by atoms with E-state index >= 15 is 0 Å². The van der Waals surface area contributed by atoms with Crippen LogP contribution in [0.2, 0.25) is 0 Å². The Morgan fingerprint density at radius 1 is 1.31 bits per heavy atom. The van der Waals surface area contributed by atoms with Crippen LogP contribution in [-0.2, 0) is 4.79 Å². The maximum absolute atomic E-state index is 11.2. The molecule has 0 aromatic rings. The van der Waals surface area contributed by atoms with Crippen LogP contribution in [0.15, 0.2) is 0 Å². The Morgan fingerprint density at radius 2 is 1.77 bits per heavy atom. The fourth-order valence-electron chi connectivity index (χ4n) is 1.000. The van der Waals surface area contributed by atoms with Crippen LogP contribution in [0.5, 0.6) is 0 Å². The van der Waals surface area contributed by atoms with Gasteiger partial charge >= 0.3 is 0 Å². The van der Waals surface area contributed by atoms with Crippen LogP contribution < -0.4 is 21.7 Å². The number of amides is 1. The van der Waals surface area contributed by atoms with E-state index in [2.05, 4.69) is 16.0 Å². The second kappa shape index (κ2) is 6.82. The molecule has 1 amide bonds. The molecular formula is C8H20N4O. The van der Waals surface area contributed by atoms with Crippen LogP contribution in [0, 0.1) is 0 Å². The van der Waals surface area contributed by atoms with Gasteiger partial charge in [0.1, 0.15) is 0 Å². The standard InChI is InChI=1S/C8H20N4O/c1-6(9)8(13)12-7(4-10-2)5-11-3/h6-7,10-11H,4-5,9H2,1-3H3,(H,12,13)/t6-/m0/s1. The predicted molar refractivity (Wildman–Crippen MR) is 53.4 cm³/mol. The van der Waals surface area contributed by atoms with E-state index in [-0.39, 0.29) is 11.9 Å². The SMILES string of the molecule is CNCC(CNC)NC(=O)[C@H](C)N. The lowest BCUT2D eigenvalue weighted by Gasteiger charge is -2.19. The van der Waals surface area contributed by atoms with Crippen molar-refractivity contribution in [2.45, 2.75) is 19.0 Å². The van der Waals surface area contributed by atoms with Gasteiger partial charge in [0, 0.05) is 13.1 Å². The first kappa shape index (κ1) is 12.3. The van der Waals surface area contributed by atoms with Crippen molar-refractivity contribution in [2.75, 3.05) is 27.2 Å². The summed E-state index contributed by atoms with van der Waals surface area (Å²) in [7, 11) is 3.70. The van der Waals surface area contributed by atoms with Crippen molar-refractivity contribution in [3.63, 3.8) is 0 Å². The quantitative estimate of drug-likeness (QED) is 0.399. The molecule has 1 atom stereocenters. The molecule has 78 valence electrons. The Bertz CT molecular complexity index is 143. The lowest BCUT2D eigenvalue weighted by atomic mass is 10.2. The van der Waals surface area contributed by atoms with E-state index in [0.29, 0.717) is 0 Å². The van der Waals surface area contributed by atoms with Crippen molar-refractivity contribution in [1.82, 2.24) is 16.0 Å². The third-order valence-electron chi connectivity index (χ3n) is 1.66. The zero-order valence-electron chi connectivity index (χ0n) is 8.55. The van der Waals surface area contributed by atoms with Crippen molar-refractivity contribution in [1.29, 1.82) is 0 Å². The van der Waals surface area contributed by atoms with Crippen molar-refractivity contribution in [2.24, 2.45) is 5.73 Å². The Hall–Kier alpha value is -0.650. The molecule has 0 spiro atoms. The molecule has 0 fully saturated rings. The normalized spacial score (nSPS) is 13.0. The first-order chi connectivity index (χ1) is 6.11. The number of carbonyl (C=O) groups excluding carboxylic acids is 1. The second-order valence-corrected chi connectivity index (χ2v) is 3.11. The van der Waals surface area contributed by atoms with Crippen molar-refractivity contribution >= 4 is 5.91 Å². The summed E-state index contributed by atoms with van der Waals surface area (Å²) in [4.78, 5) is 11.2. The van der Waals surface area contributed by atoms with Gasteiger partial charge in [-0.15, -0.1) is 0 Å². The molecule has 0 aromatic heterocycles. The van der Waals surface area contributed by atoms with E-state index < -0.39 is 6.04 Å². The molecule has 0 aliphatic carbocycles. The molecule has 0 rings (SSSR count). The minimum Gasteiger partial charge on any atom is -0.349 e. The summed E-state index contributed by atoms with van der Waals surface area (Å²) in [6, 6.07) is -0.357. The number of nitrogens with two attached hydrogens (primary N) is 1. The molecular weight excluding hydrogens is 168 g/mol. The third kappa shape index (κ3) is 5.57. The minimum absolute atomic E-state index is 0.0912. The van der Waals surface area contributed by atoms with Crippen molar-refractivity contribution in [3.05, 3.63) is 0 Å². The number of nitrogens with one attached hydrogen (secondary N) is 3. The zero-order valence-corrected chi connectivity index (χ0v) is 8.55. The molecule has 0 aliphatic rings. The molecule has 0 aliphatic heterocycles. The first-order valence-electron chi connectivity index (χ1n) is 4.47. The summed E-state index contributed by atoms with van der Waals surface area (Å²) in [5.41, 5.74) is 5.42. The number of hydrogen-bond acceptors (Lipinski definition) is 4. The molecule has 5 nitrogen and oxygen atoms in total. The lowest BCUT2D eigenvalue weighted by Crippen LogP contribution is -2.51.